The van der Waals surface area contributed by atoms with Gasteiger partial charge in [0.15, 0.2) is 0 Å². The molecule has 6 heteroatoms. The number of nitrogens with zero attached hydrogens (tertiary/aromatic N) is 3. The molecule has 0 atom stereocenters. The van der Waals surface area contributed by atoms with Crippen molar-refractivity contribution in [3.05, 3.63) is 48.5 Å². The van der Waals surface area contributed by atoms with E-state index in [0.29, 0.717) is 32.1 Å². The van der Waals surface area contributed by atoms with Crippen molar-refractivity contribution in [3.8, 4) is 11.1 Å². The molecule has 28 heavy (non-hydrogen) atoms. The van der Waals surface area contributed by atoms with Gasteiger partial charge >= 0.3 is 5.97 Å². The molecule has 0 bridgehead atoms. The Labute approximate surface area is 163 Å². The summed E-state index contributed by atoms with van der Waals surface area (Å²) in [6, 6.07) is 8.16. The van der Waals surface area contributed by atoms with Gasteiger partial charge in [-0.3, -0.25) is 19.3 Å². The number of aromatic nitrogens is 3. The summed E-state index contributed by atoms with van der Waals surface area (Å²) in [5.41, 5.74) is 2.89. The quantitative estimate of drug-likeness (QED) is 0.734. The van der Waals surface area contributed by atoms with Gasteiger partial charge < -0.3 is 5.11 Å². The van der Waals surface area contributed by atoms with Gasteiger partial charge in [-0.25, -0.2) is 0 Å². The molecule has 2 heterocycles. The monoisotopic (exact) mass is 377 g/mol. The predicted octanol–water partition coefficient (Wildman–Crippen LogP) is 3.64. The molecule has 1 aliphatic rings. The average molecular weight is 377 g/mol. The largest absolute Gasteiger partial charge is 0.481 e. The van der Waals surface area contributed by atoms with Crippen molar-refractivity contribution in [1.29, 1.82) is 0 Å². The lowest BCUT2D eigenvalue weighted by molar-refractivity contribution is -0.144. The maximum Gasteiger partial charge on any atom is 0.306 e. The van der Waals surface area contributed by atoms with E-state index in [0.717, 1.165) is 27.6 Å². The Hall–Kier alpha value is -3.02. The standard InChI is InChI=1S/C22H23N3O3/c1-25-13-19(12-24-25)16-6-7-17-11-23-20(9-18(17)8-16)10-21(26)14-2-4-15(5-3-14)22(27)28/h6-9,11-15H,2-5,10H2,1H3,(H,27,28). The van der Waals surface area contributed by atoms with Crippen LogP contribution in [0.4, 0.5) is 0 Å². The summed E-state index contributed by atoms with van der Waals surface area (Å²) in [6.45, 7) is 0. The van der Waals surface area contributed by atoms with Crippen molar-refractivity contribution in [2.24, 2.45) is 18.9 Å². The number of Topliss-reactive ketones (excluding diaryl/α,β-unsaturated/α-hetero) is 1. The smallest absolute Gasteiger partial charge is 0.306 e. The number of carboxylic acids is 1. The summed E-state index contributed by atoms with van der Waals surface area (Å²) < 4.78 is 1.77. The lowest BCUT2D eigenvalue weighted by Gasteiger charge is -2.24. The molecule has 1 N–H and O–H groups in total. The second kappa shape index (κ2) is 7.54. The van der Waals surface area contributed by atoms with Crippen LogP contribution in [0.25, 0.3) is 21.9 Å². The van der Waals surface area contributed by atoms with Gasteiger partial charge in [0.2, 0.25) is 0 Å². The zero-order valence-corrected chi connectivity index (χ0v) is 15.8. The van der Waals surface area contributed by atoms with Gasteiger partial charge in [-0.2, -0.15) is 5.10 Å². The molecule has 1 aliphatic carbocycles. The molecule has 4 rings (SSSR count). The number of fused-ring (bicyclic) bond motifs is 1. The third-order valence-corrected chi connectivity index (χ3v) is 5.70. The highest BCUT2D eigenvalue weighted by molar-refractivity contribution is 5.88. The first-order chi connectivity index (χ1) is 13.5. The summed E-state index contributed by atoms with van der Waals surface area (Å²) in [4.78, 5) is 28.2. The topological polar surface area (TPSA) is 85.1 Å². The summed E-state index contributed by atoms with van der Waals surface area (Å²) >= 11 is 0. The van der Waals surface area contributed by atoms with Gasteiger partial charge in [-0.1, -0.05) is 12.1 Å². The minimum absolute atomic E-state index is 0.0465. The molecule has 1 fully saturated rings. The highest BCUT2D eigenvalue weighted by atomic mass is 16.4. The number of hydrogen-bond donors (Lipinski definition) is 1. The Morgan fingerprint density at radius 1 is 1.04 bits per heavy atom. The van der Waals surface area contributed by atoms with Gasteiger partial charge in [0.1, 0.15) is 5.78 Å². The van der Waals surface area contributed by atoms with E-state index in [-0.39, 0.29) is 17.6 Å². The summed E-state index contributed by atoms with van der Waals surface area (Å²) in [5, 5.41) is 15.4. The molecular weight excluding hydrogens is 354 g/mol. The van der Waals surface area contributed by atoms with Crippen LogP contribution in [-0.2, 0) is 23.1 Å². The number of rotatable bonds is 5. The molecule has 3 aromatic rings. The summed E-state index contributed by atoms with van der Waals surface area (Å²) in [6.07, 6.45) is 8.42. The van der Waals surface area contributed by atoms with E-state index in [2.05, 4.69) is 16.1 Å². The number of aryl methyl sites for hydroxylation is 1. The third-order valence-electron chi connectivity index (χ3n) is 5.70. The highest BCUT2D eigenvalue weighted by Crippen LogP contribution is 2.30. The number of hydrogen-bond acceptors (Lipinski definition) is 4. The Balaban J connectivity index is 1.49. The van der Waals surface area contributed by atoms with E-state index in [1.54, 1.807) is 4.68 Å². The Kier molecular flexibility index (Phi) is 4.94. The molecule has 6 nitrogen and oxygen atoms in total. The van der Waals surface area contributed by atoms with Crippen molar-refractivity contribution >= 4 is 22.5 Å². The summed E-state index contributed by atoms with van der Waals surface area (Å²) in [7, 11) is 1.89. The average Bonchev–Trinajstić information content (AvgIpc) is 3.14. The fraction of sp³-hybridized carbons (Fsp3) is 0.364. The minimum Gasteiger partial charge on any atom is -0.481 e. The minimum atomic E-state index is -0.744. The van der Waals surface area contributed by atoms with E-state index in [1.807, 2.05) is 43.8 Å². The van der Waals surface area contributed by atoms with Crippen LogP contribution >= 0.6 is 0 Å². The summed E-state index contributed by atoms with van der Waals surface area (Å²) in [5.74, 6) is -0.922. The van der Waals surface area contributed by atoms with Gasteiger partial charge in [-0.15, -0.1) is 0 Å². The van der Waals surface area contributed by atoms with E-state index >= 15 is 0 Å². The van der Waals surface area contributed by atoms with Crippen LogP contribution in [-0.4, -0.2) is 31.6 Å². The third kappa shape index (κ3) is 3.81. The molecule has 0 aliphatic heterocycles. The van der Waals surface area contributed by atoms with Crippen molar-refractivity contribution in [3.63, 3.8) is 0 Å². The molecular formula is C22H23N3O3. The predicted molar refractivity (Wildman–Crippen MR) is 106 cm³/mol. The van der Waals surface area contributed by atoms with Crippen LogP contribution in [0.3, 0.4) is 0 Å². The van der Waals surface area contributed by atoms with E-state index in [9.17, 15) is 9.59 Å². The van der Waals surface area contributed by atoms with E-state index in [1.165, 1.54) is 0 Å². The molecule has 0 radical (unpaired) electrons. The lowest BCUT2D eigenvalue weighted by atomic mass is 9.79. The van der Waals surface area contributed by atoms with Gasteiger partial charge in [0, 0.05) is 48.4 Å². The van der Waals surface area contributed by atoms with Crippen molar-refractivity contribution < 1.29 is 14.7 Å². The maximum atomic E-state index is 12.7. The Morgan fingerprint density at radius 2 is 1.79 bits per heavy atom. The fourth-order valence-electron chi connectivity index (χ4n) is 4.02. The molecule has 144 valence electrons. The zero-order valence-electron chi connectivity index (χ0n) is 15.8. The second-order valence-electron chi connectivity index (χ2n) is 7.67. The first-order valence-electron chi connectivity index (χ1n) is 9.63. The molecule has 2 aromatic heterocycles. The molecule has 0 unspecified atom stereocenters. The van der Waals surface area contributed by atoms with Crippen molar-refractivity contribution in [2.75, 3.05) is 0 Å². The number of aliphatic carboxylic acids is 1. The molecule has 1 aromatic carbocycles. The number of carbonyl (C=O) groups is 2. The van der Waals surface area contributed by atoms with Crippen molar-refractivity contribution in [1.82, 2.24) is 14.8 Å². The molecule has 0 amide bonds. The van der Waals surface area contributed by atoms with Gasteiger partial charge in [-0.05, 0) is 48.8 Å². The Morgan fingerprint density at radius 3 is 2.46 bits per heavy atom. The van der Waals surface area contributed by atoms with Crippen LogP contribution in [0, 0.1) is 11.8 Å². The molecule has 1 saturated carbocycles. The fourth-order valence-corrected chi connectivity index (χ4v) is 4.02. The van der Waals surface area contributed by atoms with Gasteiger partial charge in [0.05, 0.1) is 12.1 Å². The number of ketones is 1. The van der Waals surface area contributed by atoms with Crippen LogP contribution in [0.5, 0.6) is 0 Å². The van der Waals surface area contributed by atoms with E-state index in [4.69, 9.17) is 5.11 Å². The number of carbonyl (C=O) groups excluding carboxylic acids is 1. The first-order valence-corrected chi connectivity index (χ1v) is 9.63. The van der Waals surface area contributed by atoms with E-state index < -0.39 is 5.97 Å². The SMILES string of the molecule is Cn1cc(-c2ccc3cnc(CC(=O)C4CCC(C(=O)O)CC4)cc3c2)cn1. The lowest BCUT2D eigenvalue weighted by Crippen LogP contribution is -2.26. The number of carboxylic acid groups (broad SMARTS) is 1. The second-order valence-corrected chi connectivity index (χ2v) is 7.67. The Bertz CT molecular complexity index is 1030. The number of pyridine rings is 1. The van der Waals surface area contributed by atoms with Crippen LogP contribution < -0.4 is 0 Å². The van der Waals surface area contributed by atoms with Crippen LogP contribution in [0.1, 0.15) is 31.4 Å². The normalized spacial score (nSPS) is 19.6. The van der Waals surface area contributed by atoms with Gasteiger partial charge in [0.25, 0.3) is 0 Å². The van der Waals surface area contributed by atoms with Crippen molar-refractivity contribution in [2.45, 2.75) is 32.1 Å². The molecule has 0 saturated heterocycles. The number of benzene rings is 1. The van der Waals surface area contributed by atoms with Crippen LogP contribution in [0.15, 0.2) is 42.9 Å². The maximum absolute atomic E-state index is 12.7. The zero-order chi connectivity index (χ0) is 19.7. The molecule has 0 spiro atoms. The highest BCUT2D eigenvalue weighted by Gasteiger charge is 2.29. The first kappa shape index (κ1) is 18.3. The van der Waals surface area contributed by atoms with Crippen LogP contribution in [0.2, 0.25) is 0 Å².